The third-order valence-electron chi connectivity index (χ3n) is 2.71. The Balaban J connectivity index is 1.49. The number of carbonyl (C=O) groups is 2. The third kappa shape index (κ3) is 4.02. The highest BCUT2D eigenvalue weighted by atomic mass is 32.2. The Kier molecular flexibility index (Phi) is 4.79. The number of nitrogens with zero attached hydrogens (tertiary/aromatic N) is 3. The number of thiazole rings is 1. The summed E-state index contributed by atoms with van der Waals surface area (Å²) in [5.41, 5.74) is 5.67. The highest BCUT2D eigenvalue weighted by molar-refractivity contribution is 8.01. The molecule has 2 heterocycles. The average molecular weight is 345 g/mol. The maximum absolute atomic E-state index is 11.8. The van der Waals surface area contributed by atoms with Crippen molar-refractivity contribution in [1.29, 1.82) is 0 Å². The van der Waals surface area contributed by atoms with Crippen LogP contribution in [0, 0.1) is 0 Å². The second-order valence-corrected chi connectivity index (χ2v) is 6.58. The Bertz CT molecular complexity index is 804. The summed E-state index contributed by atoms with van der Waals surface area (Å²) in [5, 5.41) is 0. The van der Waals surface area contributed by atoms with Crippen molar-refractivity contribution < 1.29 is 9.59 Å². The van der Waals surface area contributed by atoms with E-state index in [0.29, 0.717) is 0 Å². The standard InChI is InChI=1S/C14H11N5O2S2/c20-12(18-19-13(21)10-7-15-5-6-16-10)8-22-14-17-9-3-1-2-4-11(9)23-14/h1-7H,8H2,(H,18,20)(H,19,21). The van der Waals surface area contributed by atoms with Crippen LogP contribution < -0.4 is 10.9 Å². The minimum atomic E-state index is -0.517. The van der Waals surface area contributed by atoms with Crippen LogP contribution in [0.3, 0.4) is 0 Å². The van der Waals surface area contributed by atoms with E-state index in [1.54, 1.807) is 0 Å². The molecule has 0 radical (unpaired) electrons. The molecule has 0 aliphatic carbocycles. The van der Waals surface area contributed by atoms with Gasteiger partial charge in [0, 0.05) is 12.4 Å². The van der Waals surface area contributed by atoms with E-state index in [-0.39, 0.29) is 17.4 Å². The average Bonchev–Trinajstić information content (AvgIpc) is 3.01. The smallest absolute Gasteiger partial charge is 0.272 e. The van der Waals surface area contributed by atoms with Crippen molar-refractivity contribution in [1.82, 2.24) is 25.8 Å². The second-order valence-electron chi connectivity index (χ2n) is 4.33. The number of amides is 2. The van der Waals surface area contributed by atoms with Crippen molar-refractivity contribution in [2.75, 3.05) is 5.75 Å². The second kappa shape index (κ2) is 7.16. The van der Waals surface area contributed by atoms with Crippen LogP contribution in [0.25, 0.3) is 10.2 Å². The number of para-hydroxylation sites is 1. The zero-order valence-electron chi connectivity index (χ0n) is 11.7. The fourth-order valence-corrected chi connectivity index (χ4v) is 3.55. The van der Waals surface area contributed by atoms with Gasteiger partial charge in [-0.2, -0.15) is 0 Å². The van der Waals surface area contributed by atoms with Crippen LogP contribution in [0.5, 0.6) is 0 Å². The molecule has 0 aliphatic rings. The molecule has 9 heteroatoms. The molecule has 0 fully saturated rings. The van der Waals surface area contributed by atoms with Gasteiger partial charge in [-0.05, 0) is 12.1 Å². The van der Waals surface area contributed by atoms with Crippen LogP contribution in [0.2, 0.25) is 0 Å². The molecule has 0 atom stereocenters. The number of rotatable bonds is 4. The van der Waals surface area contributed by atoms with E-state index in [1.807, 2.05) is 24.3 Å². The third-order valence-corrected chi connectivity index (χ3v) is 4.89. The number of thioether (sulfide) groups is 1. The number of benzene rings is 1. The van der Waals surface area contributed by atoms with Crippen LogP contribution in [-0.2, 0) is 4.79 Å². The predicted molar refractivity (Wildman–Crippen MR) is 88.0 cm³/mol. The summed E-state index contributed by atoms with van der Waals surface area (Å²) in [6, 6.07) is 7.78. The van der Waals surface area contributed by atoms with Crippen molar-refractivity contribution in [3.63, 3.8) is 0 Å². The highest BCUT2D eigenvalue weighted by Crippen LogP contribution is 2.28. The first kappa shape index (κ1) is 15.4. The number of fused-ring (bicyclic) bond motifs is 1. The lowest BCUT2D eigenvalue weighted by molar-refractivity contribution is -0.119. The first-order valence-corrected chi connectivity index (χ1v) is 8.36. The predicted octanol–water partition coefficient (Wildman–Crippen LogP) is 1.64. The van der Waals surface area contributed by atoms with Gasteiger partial charge in [0.05, 0.1) is 22.2 Å². The van der Waals surface area contributed by atoms with Gasteiger partial charge >= 0.3 is 0 Å². The minimum absolute atomic E-state index is 0.131. The van der Waals surface area contributed by atoms with E-state index in [0.717, 1.165) is 14.6 Å². The van der Waals surface area contributed by atoms with Gasteiger partial charge in [0.25, 0.3) is 5.91 Å². The molecular weight excluding hydrogens is 334 g/mol. The topological polar surface area (TPSA) is 96.9 Å². The molecule has 116 valence electrons. The quantitative estimate of drug-likeness (QED) is 0.551. The summed E-state index contributed by atoms with van der Waals surface area (Å²) in [7, 11) is 0. The summed E-state index contributed by atoms with van der Waals surface area (Å²) in [6.07, 6.45) is 4.18. The molecular formula is C14H11N5O2S2. The molecule has 7 nitrogen and oxygen atoms in total. The lowest BCUT2D eigenvalue weighted by atomic mass is 10.3. The van der Waals surface area contributed by atoms with Gasteiger partial charge in [-0.1, -0.05) is 23.9 Å². The van der Waals surface area contributed by atoms with E-state index < -0.39 is 5.91 Å². The van der Waals surface area contributed by atoms with Crippen LogP contribution in [-0.4, -0.2) is 32.5 Å². The SMILES string of the molecule is O=C(CSc1nc2ccccc2s1)NNC(=O)c1cnccn1. The zero-order chi connectivity index (χ0) is 16.1. The first-order valence-electron chi connectivity index (χ1n) is 6.56. The molecule has 0 unspecified atom stereocenters. The molecule has 0 saturated carbocycles. The molecule has 2 amide bonds. The fourth-order valence-electron chi connectivity index (χ4n) is 1.68. The lowest BCUT2D eigenvalue weighted by Gasteiger charge is -2.05. The van der Waals surface area contributed by atoms with E-state index in [2.05, 4.69) is 25.8 Å². The van der Waals surface area contributed by atoms with Crippen LogP contribution in [0.1, 0.15) is 10.5 Å². The molecule has 2 aromatic heterocycles. The van der Waals surface area contributed by atoms with Gasteiger partial charge in [-0.25, -0.2) is 9.97 Å². The van der Waals surface area contributed by atoms with Crippen molar-refractivity contribution in [2.45, 2.75) is 4.34 Å². The molecule has 3 rings (SSSR count). The molecule has 0 saturated heterocycles. The number of hydrogen-bond acceptors (Lipinski definition) is 7. The first-order chi connectivity index (χ1) is 11.2. The van der Waals surface area contributed by atoms with Gasteiger partial charge in [-0.15, -0.1) is 11.3 Å². The molecule has 2 N–H and O–H groups in total. The van der Waals surface area contributed by atoms with Gasteiger partial charge in [0.1, 0.15) is 5.69 Å². The Morgan fingerprint density at radius 2 is 2.04 bits per heavy atom. The van der Waals surface area contributed by atoms with Gasteiger partial charge < -0.3 is 0 Å². The Labute approximate surface area is 139 Å². The van der Waals surface area contributed by atoms with Gasteiger partial charge in [0.15, 0.2) is 4.34 Å². The van der Waals surface area contributed by atoms with Crippen LogP contribution in [0.4, 0.5) is 0 Å². The highest BCUT2D eigenvalue weighted by Gasteiger charge is 2.10. The lowest BCUT2D eigenvalue weighted by Crippen LogP contribution is -2.42. The van der Waals surface area contributed by atoms with Crippen molar-refractivity contribution >= 4 is 45.1 Å². The number of hydrogen-bond donors (Lipinski definition) is 2. The fraction of sp³-hybridized carbons (Fsp3) is 0.0714. The molecule has 1 aromatic carbocycles. The summed E-state index contributed by atoms with van der Waals surface area (Å²) >= 11 is 2.84. The van der Waals surface area contributed by atoms with E-state index in [1.165, 1.54) is 41.7 Å². The summed E-state index contributed by atoms with van der Waals surface area (Å²) < 4.78 is 1.88. The number of hydrazine groups is 1. The zero-order valence-corrected chi connectivity index (χ0v) is 13.4. The van der Waals surface area contributed by atoms with E-state index >= 15 is 0 Å². The van der Waals surface area contributed by atoms with E-state index in [9.17, 15) is 9.59 Å². The molecule has 0 spiro atoms. The largest absolute Gasteiger partial charge is 0.289 e. The Morgan fingerprint density at radius 3 is 2.83 bits per heavy atom. The molecule has 0 bridgehead atoms. The summed E-state index contributed by atoms with van der Waals surface area (Å²) in [6.45, 7) is 0. The summed E-state index contributed by atoms with van der Waals surface area (Å²) in [4.78, 5) is 35.5. The number of nitrogens with one attached hydrogen (secondary N) is 2. The van der Waals surface area contributed by atoms with Gasteiger partial charge in [0.2, 0.25) is 5.91 Å². The molecule has 23 heavy (non-hydrogen) atoms. The normalized spacial score (nSPS) is 10.4. The van der Waals surface area contributed by atoms with Crippen molar-refractivity contribution in [3.05, 3.63) is 48.5 Å². The van der Waals surface area contributed by atoms with Crippen molar-refractivity contribution in [3.8, 4) is 0 Å². The molecule has 0 aliphatic heterocycles. The van der Waals surface area contributed by atoms with E-state index in [4.69, 9.17) is 0 Å². The summed E-state index contributed by atoms with van der Waals surface area (Å²) in [5.74, 6) is -0.691. The van der Waals surface area contributed by atoms with Gasteiger partial charge in [-0.3, -0.25) is 25.4 Å². The van der Waals surface area contributed by atoms with Crippen LogP contribution in [0.15, 0.2) is 47.2 Å². The number of aromatic nitrogens is 3. The number of carbonyl (C=O) groups excluding carboxylic acids is 2. The monoisotopic (exact) mass is 345 g/mol. The van der Waals surface area contributed by atoms with Crippen molar-refractivity contribution in [2.24, 2.45) is 0 Å². The maximum atomic E-state index is 11.8. The molecule has 3 aromatic rings. The minimum Gasteiger partial charge on any atom is -0.272 e. The maximum Gasteiger partial charge on any atom is 0.289 e. The Morgan fingerprint density at radius 1 is 1.17 bits per heavy atom. The van der Waals surface area contributed by atoms with Crippen LogP contribution >= 0.6 is 23.1 Å². The Hall–Kier alpha value is -2.52.